The number of benzene rings is 1. The van der Waals surface area contributed by atoms with Crippen LogP contribution < -0.4 is 5.32 Å². The van der Waals surface area contributed by atoms with E-state index in [1.54, 1.807) is 0 Å². The van der Waals surface area contributed by atoms with Gasteiger partial charge in [-0.05, 0) is 41.8 Å². The van der Waals surface area contributed by atoms with Crippen LogP contribution in [0.2, 0.25) is 0 Å². The lowest BCUT2D eigenvalue weighted by Gasteiger charge is -2.26. The number of aliphatic imine (C=N–C) groups is 1. The van der Waals surface area contributed by atoms with Gasteiger partial charge in [-0.2, -0.15) is 0 Å². The van der Waals surface area contributed by atoms with Gasteiger partial charge >= 0.3 is 0 Å². The number of hydrogen-bond acceptors (Lipinski definition) is 2. The van der Waals surface area contributed by atoms with E-state index in [-0.39, 0.29) is 5.41 Å². The first-order chi connectivity index (χ1) is 9.04. The maximum atomic E-state index is 4.68. The second kappa shape index (κ2) is 4.75. The monoisotopic (exact) mass is 256 g/mol. The molecule has 2 aliphatic rings. The van der Waals surface area contributed by atoms with Crippen LogP contribution >= 0.6 is 0 Å². The number of nitrogens with zero attached hydrogens (tertiary/aromatic N) is 1. The van der Waals surface area contributed by atoms with Crippen molar-refractivity contribution in [2.75, 3.05) is 6.54 Å². The second-order valence-corrected chi connectivity index (χ2v) is 6.96. The van der Waals surface area contributed by atoms with Crippen LogP contribution in [0.3, 0.4) is 0 Å². The Morgan fingerprint density at radius 2 is 1.89 bits per heavy atom. The highest BCUT2D eigenvalue weighted by Gasteiger charge is 2.31. The fourth-order valence-corrected chi connectivity index (χ4v) is 3.20. The molecule has 1 aromatic carbocycles. The van der Waals surface area contributed by atoms with E-state index in [1.807, 2.05) is 0 Å². The molecule has 0 amide bonds. The van der Waals surface area contributed by atoms with Gasteiger partial charge in [0.1, 0.15) is 6.17 Å². The Balaban J connectivity index is 1.78. The van der Waals surface area contributed by atoms with Gasteiger partial charge < -0.3 is 0 Å². The van der Waals surface area contributed by atoms with Crippen molar-refractivity contribution in [3.05, 3.63) is 35.4 Å². The molecule has 0 spiro atoms. The summed E-state index contributed by atoms with van der Waals surface area (Å²) >= 11 is 0. The average Bonchev–Trinajstić information content (AvgIpc) is 2.85. The summed E-state index contributed by atoms with van der Waals surface area (Å²) < 4.78 is 0. The predicted molar refractivity (Wildman–Crippen MR) is 80.9 cm³/mol. The molecule has 2 nitrogen and oxygen atoms in total. The molecule has 3 atom stereocenters. The summed E-state index contributed by atoms with van der Waals surface area (Å²) in [5, 5.41) is 3.46. The molecule has 102 valence electrons. The topological polar surface area (TPSA) is 24.4 Å². The van der Waals surface area contributed by atoms with Gasteiger partial charge in [0.2, 0.25) is 0 Å². The first-order valence-electron chi connectivity index (χ1n) is 7.41. The number of hydrogen-bond donors (Lipinski definition) is 1. The summed E-state index contributed by atoms with van der Waals surface area (Å²) in [6, 6.07) is 9.14. The summed E-state index contributed by atoms with van der Waals surface area (Å²) in [7, 11) is 0. The van der Waals surface area contributed by atoms with Crippen molar-refractivity contribution in [1.82, 2.24) is 5.32 Å². The summed E-state index contributed by atoms with van der Waals surface area (Å²) in [5.41, 5.74) is 3.06. The Hall–Kier alpha value is -1.15. The van der Waals surface area contributed by atoms with E-state index in [9.17, 15) is 0 Å². The maximum absolute atomic E-state index is 4.68. The lowest BCUT2D eigenvalue weighted by Crippen LogP contribution is -2.29. The summed E-state index contributed by atoms with van der Waals surface area (Å²) in [4.78, 5) is 4.68. The maximum Gasteiger partial charge on any atom is 0.102 e. The standard InChI is InChI=1S/C17H24N2/c1-17(2,3)15-6-4-12(5-7-15)14-10-13-8-9-18-16(13)19-11-14/h4-7,11,13-14,16,18H,8-10H2,1-3H3. The van der Waals surface area contributed by atoms with Crippen LogP contribution in [-0.4, -0.2) is 18.9 Å². The van der Waals surface area contributed by atoms with Crippen LogP contribution in [-0.2, 0) is 5.41 Å². The first-order valence-corrected chi connectivity index (χ1v) is 7.41. The van der Waals surface area contributed by atoms with Gasteiger partial charge in [-0.3, -0.25) is 10.3 Å². The van der Waals surface area contributed by atoms with Crippen LogP contribution in [0.5, 0.6) is 0 Å². The zero-order valence-electron chi connectivity index (χ0n) is 12.2. The van der Waals surface area contributed by atoms with Crippen LogP contribution in [0, 0.1) is 5.92 Å². The Morgan fingerprint density at radius 3 is 2.58 bits per heavy atom. The van der Waals surface area contributed by atoms with Crippen molar-refractivity contribution in [3.8, 4) is 0 Å². The summed E-state index contributed by atoms with van der Waals surface area (Å²) in [6.07, 6.45) is 5.07. The van der Waals surface area contributed by atoms with Gasteiger partial charge in [-0.25, -0.2) is 0 Å². The Kier molecular flexibility index (Phi) is 3.22. The van der Waals surface area contributed by atoms with Crippen molar-refractivity contribution in [2.45, 2.75) is 51.1 Å². The van der Waals surface area contributed by atoms with E-state index in [0.29, 0.717) is 12.1 Å². The molecule has 2 aliphatic heterocycles. The molecule has 3 unspecified atom stereocenters. The highest BCUT2D eigenvalue weighted by Crippen LogP contribution is 2.33. The second-order valence-electron chi connectivity index (χ2n) is 6.96. The van der Waals surface area contributed by atoms with Crippen LogP contribution in [0.25, 0.3) is 0 Å². The highest BCUT2D eigenvalue weighted by atomic mass is 15.1. The molecule has 0 radical (unpaired) electrons. The number of fused-ring (bicyclic) bond motifs is 1. The molecule has 1 fully saturated rings. The molecular formula is C17H24N2. The Morgan fingerprint density at radius 1 is 1.16 bits per heavy atom. The van der Waals surface area contributed by atoms with Gasteiger partial charge in [-0.15, -0.1) is 0 Å². The molecular weight excluding hydrogens is 232 g/mol. The van der Waals surface area contributed by atoms with E-state index in [4.69, 9.17) is 0 Å². The van der Waals surface area contributed by atoms with Crippen LogP contribution in [0.4, 0.5) is 0 Å². The third-order valence-corrected chi connectivity index (χ3v) is 4.50. The van der Waals surface area contributed by atoms with Crippen molar-refractivity contribution in [2.24, 2.45) is 10.9 Å². The molecule has 2 heteroatoms. The van der Waals surface area contributed by atoms with Crippen molar-refractivity contribution < 1.29 is 0 Å². The molecule has 0 aromatic heterocycles. The minimum atomic E-state index is 0.236. The highest BCUT2D eigenvalue weighted by molar-refractivity contribution is 5.69. The van der Waals surface area contributed by atoms with Crippen molar-refractivity contribution in [3.63, 3.8) is 0 Å². The number of rotatable bonds is 1. The van der Waals surface area contributed by atoms with Crippen LogP contribution in [0.15, 0.2) is 29.3 Å². The Bertz CT molecular complexity index is 467. The van der Waals surface area contributed by atoms with Crippen molar-refractivity contribution >= 4 is 6.21 Å². The predicted octanol–water partition coefficient (Wildman–Crippen LogP) is 3.48. The minimum absolute atomic E-state index is 0.236. The zero-order valence-corrected chi connectivity index (χ0v) is 12.2. The molecule has 3 rings (SSSR count). The largest absolute Gasteiger partial charge is 0.296 e. The summed E-state index contributed by atoms with van der Waals surface area (Å²) in [6.45, 7) is 7.92. The van der Waals surface area contributed by atoms with E-state index >= 15 is 0 Å². The third-order valence-electron chi connectivity index (χ3n) is 4.50. The zero-order chi connectivity index (χ0) is 13.5. The quantitative estimate of drug-likeness (QED) is 0.817. The SMILES string of the molecule is CC(C)(C)c1ccc(C2C=NC3NCCC3C2)cc1. The van der Waals surface area contributed by atoms with Gasteiger partial charge in [-0.1, -0.05) is 45.0 Å². The fraction of sp³-hybridized carbons (Fsp3) is 0.588. The lowest BCUT2D eigenvalue weighted by molar-refractivity contribution is 0.405. The summed E-state index contributed by atoms with van der Waals surface area (Å²) in [5.74, 6) is 1.24. The average molecular weight is 256 g/mol. The van der Waals surface area contributed by atoms with Gasteiger partial charge in [0, 0.05) is 12.1 Å². The Labute approximate surface area is 116 Å². The van der Waals surface area contributed by atoms with E-state index in [2.05, 4.69) is 61.6 Å². The smallest absolute Gasteiger partial charge is 0.102 e. The minimum Gasteiger partial charge on any atom is -0.296 e. The van der Waals surface area contributed by atoms with Gasteiger partial charge in [0.25, 0.3) is 0 Å². The molecule has 19 heavy (non-hydrogen) atoms. The fourth-order valence-electron chi connectivity index (χ4n) is 3.20. The normalized spacial score (nSPS) is 30.4. The molecule has 1 saturated heterocycles. The first kappa shape index (κ1) is 12.9. The molecule has 1 aromatic rings. The molecule has 0 saturated carbocycles. The third kappa shape index (κ3) is 2.59. The molecule has 2 heterocycles. The lowest BCUT2D eigenvalue weighted by atomic mass is 9.82. The van der Waals surface area contributed by atoms with E-state index in [1.165, 1.54) is 24.0 Å². The molecule has 0 bridgehead atoms. The molecule has 1 N–H and O–H groups in total. The van der Waals surface area contributed by atoms with E-state index < -0.39 is 0 Å². The van der Waals surface area contributed by atoms with Crippen LogP contribution in [0.1, 0.15) is 50.7 Å². The molecule has 0 aliphatic carbocycles. The van der Waals surface area contributed by atoms with Gasteiger partial charge in [0.05, 0.1) is 0 Å². The van der Waals surface area contributed by atoms with E-state index in [0.717, 1.165) is 12.5 Å². The van der Waals surface area contributed by atoms with Crippen molar-refractivity contribution in [1.29, 1.82) is 0 Å². The number of nitrogens with one attached hydrogen (secondary N) is 1. The van der Waals surface area contributed by atoms with Gasteiger partial charge in [0.15, 0.2) is 0 Å².